The van der Waals surface area contributed by atoms with Gasteiger partial charge in [-0.05, 0) is 17.7 Å². The second-order valence-electron chi connectivity index (χ2n) is 3.95. The lowest BCUT2D eigenvalue weighted by molar-refractivity contribution is 0.628. The number of halogens is 3. The Labute approximate surface area is 123 Å². The Hall–Kier alpha value is -1.98. The van der Waals surface area contributed by atoms with Crippen molar-refractivity contribution in [2.45, 2.75) is 0 Å². The number of nitrogens with zero attached hydrogens (tertiary/aromatic N) is 3. The molecule has 0 atom stereocenters. The van der Waals surface area contributed by atoms with E-state index < -0.39 is 0 Å². The summed E-state index contributed by atoms with van der Waals surface area (Å²) in [6.45, 7) is 0. The summed E-state index contributed by atoms with van der Waals surface area (Å²) < 4.78 is 13.3. The second-order valence-corrected chi connectivity index (χ2v) is 4.67. The van der Waals surface area contributed by atoms with Crippen molar-refractivity contribution in [2.24, 2.45) is 0 Å². The van der Waals surface area contributed by atoms with E-state index in [2.05, 4.69) is 19.9 Å². The number of hydrogen-bond acceptors (Lipinski definition) is 3. The maximum absolute atomic E-state index is 13.3. The Morgan fingerprint density at radius 3 is 2.45 bits per heavy atom. The van der Waals surface area contributed by atoms with Gasteiger partial charge in [0, 0.05) is 12.4 Å². The van der Waals surface area contributed by atoms with E-state index in [1.165, 1.54) is 12.1 Å². The lowest BCUT2D eigenvalue weighted by atomic mass is 10.1. The predicted molar refractivity (Wildman–Crippen MR) is 75.0 cm³/mol. The van der Waals surface area contributed by atoms with Crippen LogP contribution < -0.4 is 0 Å². The Morgan fingerprint density at radius 1 is 1.10 bits per heavy atom. The number of benzene rings is 1. The molecule has 0 saturated carbocycles. The highest BCUT2D eigenvalue weighted by atomic mass is 35.5. The molecule has 100 valence electrons. The van der Waals surface area contributed by atoms with Crippen LogP contribution in [0.25, 0.3) is 22.8 Å². The minimum absolute atomic E-state index is 0.141. The number of nitrogens with one attached hydrogen (secondary N) is 1. The van der Waals surface area contributed by atoms with Crippen LogP contribution in [0.3, 0.4) is 0 Å². The number of hydrogen-bond donors (Lipinski definition) is 1. The van der Waals surface area contributed by atoms with E-state index in [0.717, 1.165) is 0 Å². The average molecular weight is 309 g/mol. The zero-order valence-corrected chi connectivity index (χ0v) is 11.5. The Kier molecular flexibility index (Phi) is 3.38. The molecule has 3 aromatic rings. The fourth-order valence-electron chi connectivity index (χ4n) is 1.78. The van der Waals surface area contributed by atoms with E-state index >= 15 is 0 Å². The molecular weight excluding hydrogens is 302 g/mol. The highest BCUT2D eigenvalue weighted by molar-refractivity contribution is 6.37. The van der Waals surface area contributed by atoms with E-state index in [1.54, 1.807) is 24.5 Å². The molecule has 4 nitrogen and oxygen atoms in total. The van der Waals surface area contributed by atoms with Crippen LogP contribution in [0.1, 0.15) is 0 Å². The maximum Gasteiger partial charge on any atom is 0.198 e. The predicted octanol–water partition coefficient (Wildman–Crippen LogP) is 3.98. The SMILES string of the molecule is Fc1cccc(-c2c(Cl)nc(-c3ncc[nH]3)nc2Cl)c1. The lowest BCUT2D eigenvalue weighted by Crippen LogP contribution is -1.96. The molecule has 2 aromatic heterocycles. The number of aromatic nitrogens is 4. The summed E-state index contributed by atoms with van der Waals surface area (Å²) in [5.74, 6) is 0.356. The first-order chi connectivity index (χ1) is 9.65. The van der Waals surface area contributed by atoms with Gasteiger partial charge < -0.3 is 4.98 Å². The minimum atomic E-state index is -0.384. The fourth-order valence-corrected chi connectivity index (χ4v) is 2.39. The van der Waals surface area contributed by atoms with E-state index in [0.29, 0.717) is 17.0 Å². The van der Waals surface area contributed by atoms with Gasteiger partial charge in [-0.3, -0.25) is 0 Å². The van der Waals surface area contributed by atoms with Crippen molar-refractivity contribution in [2.75, 3.05) is 0 Å². The fraction of sp³-hybridized carbons (Fsp3) is 0. The maximum atomic E-state index is 13.3. The van der Waals surface area contributed by atoms with Crippen LogP contribution in [0, 0.1) is 5.82 Å². The highest BCUT2D eigenvalue weighted by Gasteiger charge is 2.16. The molecular formula is C13H7Cl2FN4. The van der Waals surface area contributed by atoms with Crippen molar-refractivity contribution in [3.8, 4) is 22.8 Å². The molecule has 1 N–H and O–H groups in total. The van der Waals surface area contributed by atoms with Crippen molar-refractivity contribution in [1.82, 2.24) is 19.9 Å². The number of imidazole rings is 1. The van der Waals surface area contributed by atoms with Gasteiger partial charge in [0.1, 0.15) is 16.1 Å². The monoisotopic (exact) mass is 308 g/mol. The van der Waals surface area contributed by atoms with Gasteiger partial charge in [-0.1, -0.05) is 35.3 Å². The number of H-pyrrole nitrogens is 1. The largest absolute Gasteiger partial charge is 0.342 e. The van der Waals surface area contributed by atoms with Gasteiger partial charge in [0.2, 0.25) is 0 Å². The molecule has 2 heterocycles. The van der Waals surface area contributed by atoms with Crippen molar-refractivity contribution in [3.05, 3.63) is 52.8 Å². The zero-order chi connectivity index (χ0) is 14.1. The number of aromatic amines is 1. The van der Waals surface area contributed by atoms with Crippen LogP contribution in [0.15, 0.2) is 36.7 Å². The summed E-state index contributed by atoms with van der Waals surface area (Å²) in [6.07, 6.45) is 3.21. The third kappa shape index (κ3) is 2.37. The van der Waals surface area contributed by atoms with E-state index in [4.69, 9.17) is 23.2 Å². The summed E-state index contributed by atoms with van der Waals surface area (Å²) >= 11 is 12.3. The van der Waals surface area contributed by atoms with Gasteiger partial charge in [-0.2, -0.15) is 0 Å². The van der Waals surface area contributed by atoms with Gasteiger partial charge >= 0.3 is 0 Å². The molecule has 7 heteroatoms. The van der Waals surface area contributed by atoms with E-state index in [1.807, 2.05) is 0 Å². The molecule has 0 spiro atoms. The normalized spacial score (nSPS) is 10.8. The second kappa shape index (κ2) is 5.19. The summed E-state index contributed by atoms with van der Waals surface area (Å²) in [5, 5.41) is 0.281. The van der Waals surface area contributed by atoms with E-state index in [9.17, 15) is 4.39 Å². The van der Waals surface area contributed by atoms with Crippen LogP contribution in [-0.4, -0.2) is 19.9 Å². The molecule has 0 amide bonds. The number of rotatable bonds is 2. The first kappa shape index (κ1) is 13.0. The molecule has 0 aliphatic carbocycles. The van der Waals surface area contributed by atoms with E-state index in [-0.39, 0.29) is 21.9 Å². The van der Waals surface area contributed by atoms with Crippen molar-refractivity contribution < 1.29 is 4.39 Å². The smallest absolute Gasteiger partial charge is 0.198 e. The zero-order valence-electron chi connectivity index (χ0n) is 9.94. The summed E-state index contributed by atoms with van der Waals surface area (Å²) in [5.41, 5.74) is 0.911. The molecule has 0 aliphatic rings. The van der Waals surface area contributed by atoms with Gasteiger partial charge in [-0.15, -0.1) is 0 Å². The molecule has 0 unspecified atom stereocenters. The molecule has 1 aromatic carbocycles. The molecule has 0 radical (unpaired) electrons. The topological polar surface area (TPSA) is 54.5 Å². The molecule has 0 bridgehead atoms. The van der Waals surface area contributed by atoms with Crippen LogP contribution in [0.2, 0.25) is 10.3 Å². The quantitative estimate of drug-likeness (QED) is 0.729. The van der Waals surface area contributed by atoms with Crippen LogP contribution in [-0.2, 0) is 0 Å². The molecule has 3 rings (SSSR count). The third-order valence-electron chi connectivity index (χ3n) is 2.64. The van der Waals surface area contributed by atoms with Crippen LogP contribution in [0.5, 0.6) is 0 Å². The first-order valence-electron chi connectivity index (χ1n) is 5.64. The Balaban J connectivity index is 2.14. The molecule has 0 saturated heterocycles. The standard InChI is InChI=1S/C13H7Cl2FN4/c14-10-9(7-2-1-3-8(16)6-7)11(15)20-13(19-10)12-17-4-5-18-12/h1-6H,(H,17,18). The van der Waals surface area contributed by atoms with Crippen LogP contribution >= 0.6 is 23.2 Å². The van der Waals surface area contributed by atoms with Crippen molar-refractivity contribution in [3.63, 3.8) is 0 Å². The highest BCUT2D eigenvalue weighted by Crippen LogP contribution is 2.33. The van der Waals surface area contributed by atoms with Gasteiger partial charge in [-0.25, -0.2) is 19.3 Å². The molecule has 0 fully saturated rings. The summed E-state index contributed by atoms with van der Waals surface area (Å²) in [4.78, 5) is 15.2. The Bertz CT molecular complexity index is 736. The molecule has 20 heavy (non-hydrogen) atoms. The van der Waals surface area contributed by atoms with Gasteiger partial charge in [0.25, 0.3) is 0 Å². The average Bonchev–Trinajstić information content (AvgIpc) is 2.91. The van der Waals surface area contributed by atoms with Crippen molar-refractivity contribution >= 4 is 23.2 Å². The Morgan fingerprint density at radius 2 is 1.85 bits per heavy atom. The lowest BCUT2D eigenvalue weighted by Gasteiger charge is -2.07. The van der Waals surface area contributed by atoms with Gasteiger partial charge in [0.15, 0.2) is 11.6 Å². The third-order valence-corrected chi connectivity index (χ3v) is 3.19. The summed E-state index contributed by atoms with van der Waals surface area (Å²) in [7, 11) is 0. The summed E-state index contributed by atoms with van der Waals surface area (Å²) in [6, 6.07) is 5.91. The van der Waals surface area contributed by atoms with Gasteiger partial charge in [0.05, 0.1) is 5.56 Å². The van der Waals surface area contributed by atoms with Crippen molar-refractivity contribution in [1.29, 1.82) is 0 Å². The molecule has 0 aliphatic heterocycles. The first-order valence-corrected chi connectivity index (χ1v) is 6.39. The minimum Gasteiger partial charge on any atom is -0.342 e. The van der Waals surface area contributed by atoms with Crippen LogP contribution in [0.4, 0.5) is 4.39 Å².